The molecule has 0 fully saturated rings. The molecule has 0 spiro atoms. The monoisotopic (exact) mass is 275 g/mol. The zero-order valence-corrected chi connectivity index (χ0v) is 11.5. The molecule has 0 unspecified atom stereocenters. The van der Waals surface area contributed by atoms with Crippen LogP contribution in [0.4, 0.5) is 5.69 Å². The number of hydrogen-bond acceptors (Lipinski definition) is 5. The normalized spacial score (nSPS) is 10.3. The van der Waals surface area contributed by atoms with Crippen LogP contribution in [0.2, 0.25) is 0 Å². The third-order valence-corrected chi connectivity index (χ3v) is 2.78. The third kappa shape index (κ3) is 3.25. The second kappa shape index (κ2) is 6.05. The van der Waals surface area contributed by atoms with E-state index in [1.165, 1.54) is 7.11 Å². The van der Waals surface area contributed by atoms with Crippen LogP contribution in [0, 0.1) is 0 Å². The summed E-state index contributed by atoms with van der Waals surface area (Å²) >= 11 is 0. The fourth-order valence-electron chi connectivity index (χ4n) is 1.74. The number of aromatic nitrogens is 3. The first-order valence-corrected chi connectivity index (χ1v) is 6.16. The lowest BCUT2D eigenvalue weighted by Gasteiger charge is -2.08. The van der Waals surface area contributed by atoms with Crippen LogP contribution < -0.4 is 15.8 Å². The molecule has 2 rings (SSSR count). The number of hydrogen-bond donors (Lipinski definition) is 2. The van der Waals surface area contributed by atoms with Gasteiger partial charge in [0.2, 0.25) is 0 Å². The largest absolute Gasteiger partial charge is 0.495 e. The van der Waals surface area contributed by atoms with Crippen LogP contribution in [0.15, 0.2) is 24.5 Å². The Morgan fingerprint density at radius 3 is 2.95 bits per heavy atom. The molecule has 0 radical (unpaired) electrons. The van der Waals surface area contributed by atoms with Crippen molar-refractivity contribution in [1.29, 1.82) is 0 Å². The van der Waals surface area contributed by atoms with Crippen LogP contribution >= 0.6 is 0 Å². The van der Waals surface area contributed by atoms with E-state index in [0.717, 1.165) is 0 Å². The molecule has 106 valence electrons. The first kappa shape index (κ1) is 13.9. The lowest BCUT2D eigenvalue weighted by molar-refractivity contribution is 0.0953. The van der Waals surface area contributed by atoms with Crippen LogP contribution in [0.3, 0.4) is 0 Å². The topological polar surface area (TPSA) is 95.1 Å². The molecule has 2 aromatic rings. The number of amides is 1. The molecule has 20 heavy (non-hydrogen) atoms. The number of benzene rings is 1. The minimum absolute atomic E-state index is 0.181. The molecule has 1 aromatic heterocycles. The number of ether oxygens (including phenoxy) is 1. The molecule has 0 aliphatic heterocycles. The standard InChI is InChI=1S/C13H17N5O2/c1-18-8-16-12(17-18)5-6-15-13(19)9-3-4-10(14)11(7-9)20-2/h3-4,7-8H,5-6,14H2,1-2H3,(H,15,19). The number of aryl methyl sites for hydroxylation is 1. The highest BCUT2D eigenvalue weighted by atomic mass is 16.5. The molecule has 1 aromatic carbocycles. The Morgan fingerprint density at radius 1 is 1.50 bits per heavy atom. The Labute approximate surface area is 116 Å². The van der Waals surface area contributed by atoms with E-state index in [-0.39, 0.29) is 5.91 Å². The predicted molar refractivity (Wildman–Crippen MR) is 74.4 cm³/mol. The van der Waals surface area contributed by atoms with E-state index < -0.39 is 0 Å². The molecular formula is C13H17N5O2. The molecule has 1 amide bonds. The zero-order valence-electron chi connectivity index (χ0n) is 11.5. The van der Waals surface area contributed by atoms with E-state index in [1.54, 1.807) is 36.3 Å². The number of nitrogen functional groups attached to an aromatic ring is 1. The van der Waals surface area contributed by atoms with Gasteiger partial charge in [-0.05, 0) is 18.2 Å². The first-order chi connectivity index (χ1) is 9.60. The van der Waals surface area contributed by atoms with Crippen molar-refractivity contribution in [2.75, 3.05) is 19.4 Å². The fourth-order valence-corrected chi connectivity index (χ4v) is 1.74. The third-order valence-electron chi connectivity index (χ3n) is 2.78. The molecule has 7 nitrogen and oxygen atoms in total. The molecule has 0 aliphatic rings. The van der Waals surface area contributed by atoms with Gasteiger partial charge in [0.15, 0.2) is 5.82 Å². The Morgan fingerprint density at radius 2 is 2.30 bits per heavy atom. The minimum Gasteiger partial charge on any atom is -0.495 e. The van der Waals surface area contributed by atoms with Gasteiger partial charge in [-0.25, -0.2) is 4.98 Å². The molecule has 0 saturated carbocycles. The average molecular weight is 275 g/mol. The average Bonchev–Trinajstić information content (AvgIpc) is 2.85. The van der Waals surface area contributed by atoms with Gasteiger partial charge in [0.1, 0.15) is 12.1 Å². The van der Waals surface area contributed by atoms with Crippen molar-refractivity contribution in [1.82, 2.24) is 20.1 Å². The maximum Gasteiger partial charge on any atom is 0.251 e. The summed E-state index contributed by atoms with van der Waals surface area (Å²) in [6.07, 6.45) is 2.21. The molecule has 7 heteroatoms. The van der Waals surface area contributed by atoms with Crippen molar-refractivity contribution in [2.45, 2.75) is 6.42 Å². The summed E-state index contributed by atoms with van der Waals surface area (Å²) < 4.78 is 6.71. The lowest BCUT2D eigenvalue weighted by atomic mass is 10.1. The summed E-state index contributed by atoms with van der Waals surface area (Å²) in [4.78, 5) is 16.1. The van der Waals surface area contributed by atoms with Crippen LogP contribution in [0.1, 0.15) is 16.2 Å². The number of rotatable bonds is 5. The predicted octanol–water partition coefficient (Wildman–Crippen LogP) is 0.378. The molecule has 0 atom stereocenters. The minimum atomic E-state index is -0.181. The summed E-state index contributed by atoms with van der Waals surface area (Å²) in [6.45, 7) is 0.468. The van der Waals surface area contributed by atoms with Crippen molar-refractivity contribution in [3.63, 3.8) is 0 Å². The van der Waals surface area contributed by atoms with Crippen molar-refractivity contribution in [3.05, 3.63) is 35.9 Å². The van der Waals surface area contributed by atoms with Gasteiger partial charge in [0, 0.05) is 25.6 Å². The molecular weight excluding hydrogens is 258 g/mol. The van der Waals surface area contributed by atoms with Crippen LogP contribution in [0.5, 0.6) is 5.75 Å². The Bertz CT molecular complexity index is 609. The van der Waals surface area contributed by atoms with Gasteiger partial charge in [0.05, 0.1) is 12.8 Å². The molecule has 3 N–H and O–H groups in total. The highest BCUT2D eigenvalue weighted by molar-refractivity contribution is 5.95. The van der Waals surface area contributed by atoms with Gasteiger partial charge >= 0.3 is 0 Å². The molecule has 0 bridgehead atoms. The van der Waals surface area contributed by atoms with Gasteiger partial charge in [-0.2, -0.15) is 5.10 Å². The van der Waals surface area contributed by atoms with Gasteiger partial charge in [0.25, 0.3) is 5.91 Å². The Kier molecular flexibility index (Phi) is 4.19. The Hall–Kier alpha value is -2.57. The lowest BCUT2D eigenvalue weighted by Crippen LogP contribution is -2.26. The summed E-state index contributed by atoms with van der Waals surface area (Å²) in [5.74, 6) is 1.01. The summed E-state index contributed by atoms with van der Waals surface area (Å²) in [7, 11) is 3.32. The Balaban J connectivity index is 1.91. The number of nitrogens with two attached hydrogens (primary N) is 1. The second-order valence-electron chi connectivity index (χ2n) is 4.30. The molecule has 0 aliphatic carbocycles. The highest BCUT2D eigenvalue weighted by Crippen LogP contribution is 2.21. The summed E-state index contributed by atoms with van der Waals surface area (Å²) in [5, 5.41) is 6.94. The maximum atomic E-state index is 12.0. The SMILES string of the molecule is COc1cc(C(=O)NCCc2ncn(C)n2)ccc1N. The quantitative estimate of drug-likeness (QED) is 0.769. The number of anilines is 1. The van der Waals surface area contributed by atoms with E-state index in [4.69, 9.17) is 10.5 Å². The number of carbonyl (C=O) groups excluding carboxylic acids is 1. The van der Waals surface area contributed by atoms with Crippen LogP contribution in [-0.2, 0) is 13.5 Å². The zero-order chi connectivity index (χ0) is 14.5. The van der Waals surface area contributed by atoms with Gasteiger partial charge in [-0.1, -0.05) is 0 Å². The van der Waals surface area contributed by atoms with Gasteiger partial charge in [-0.15, -0.1) is 0 Å². The van der Waals surface area contributed by atoms with E-state index in [0.29, 0.717) is 35.8 Å². The van der Waals surface area contributed by atoms with Crippen molar-refractivity contribution >= 4 is 11.6 Å². The van der Waals surface area contributed by atoms with E-state index in [1.807, 2.05) is 0 Å². The number of methoxy groups -OCH3 is 1. The van der Waals surface area contributed by atoms with Gasteiger partial charge < -0.3 is 15.8 Å². The van der Waals surface area contributed by atoms with Crippen molar-refractivity contribution < 1.29 is 9.53 Å². The summed E-state index contributed by atoms with van der Waals surface area (Å²) in [6, 6.07) is 4.92. The van der Waals surface area contributed by atoms with Crippen molar-refractivity contribution in [3.8, 4) is 5.75 Å². The second-order valence-corrected chi connectivity index (χ2v) is 4.30. The fraction of sp³-hybridized carbons (Fsp3) is 0.308. The molecule has 0 saturated heterocycles. The van der Waals surface area contributed by atoms with E-state index in [9.17, 15) is 4.79 Å². The van der Waals surface area contributed by atoms with Crippen LogP contribution in [-0.4, -0.2) is 34.3 Å². The maximum absolute atomic E-state index is 12.0. The van der Waals surface area contributed by atoms with E-state index >= 15 is 0 Å². The number of nitrogens with one attached hydrogen (secondary N) is 1. The first-order valence-electron chi connectivity index (χ1n) is 6.16. The van der Waals surface area contributed by atoms with Gasteiger partial charge in [-0.3, -0.25) is 9.48 Å². The summed E-state index contributed by atoms with van der Waals surface area (Å²) in [5.41, 5.74) is 6.71. The number of nitrogens with zero attached hydrogens (tertiary/aromatic N) is 3. The molecule has 1 heterocycles. The van der Waals surface area contributed by atoms with Crippen LogP contribution in [0.25, 0.3) is 0 Å². The van der Waals surface area contributed by atoms with E-state index in [2.05, 4.69) is 15.4 Å². The smallest absolute Gasteiger partial charge is 0.251 e. The highest BCUT2D eigenvalue weighted by Gasteiger charge is 2.09. The van der Waals surface area contributed by atoms with Crippen molar-refractivity contribution in [2.24, 2.45) is 7.05 Å². The number of carbonyl (C=O) groups is 1.